The van der Waals surface area contributed by atoms with Crippen LogP contribution in [0.1, 0.15) is 24.3 Å². The summed E-state index contributed by atoms with van der Waals surface area (Å²) in [6, 6.07) is 15.8. The number of aromatic nitrogens is 1. The number of carbonyl (C=O) groups excluding carboxylic acids is 1. The van der Waals surface area contributed by atoms with Crippen molar-refractivity contribution in [2.45, 2.75) is 17.9 Å². The molecule has 5 rings (SSSR count). The number of nitrogens with zero attached hydrogens (tertiary/aromatic N) is 2. The van der Waals surface area contributed by atoms with Crippen LogP contribution in [-0.4, -0.2) is 23.9 Å². The second-order valence-electron chi connectivity index (χ2n) is 8.17. The van der Waals surface area contributed by atoms with Crippen molar-refractivity contribution in [2.75, 3.05) is 13.4 Å². The summed E-state index contributed by atoms with van der Waals surface area (Å²) in [5, 5.41) is 1.04. The minimum atomic E-state index is -0.667. The number of benzene rings is 2. The zero-order chi connectivity index (χ0) is 26.3. The van der Waals surface area contributed by atoms with Gasteiger partial charge in [-0.3, -0.25) is 9.36 Å². The first-order valence-electron chi connectivity index (χ1n) is 11.1. The third kappa shape index (κ3) is 4.82. The molecule has 37 heavy (non-hydrogen) atoms. The highest BCUT2D eigenvalue weighted by Crippen LogP contribution is 2.33. The molecule has 0 fully saturated rings. The molecule has 0 saturated heterocycles. The fourth-order valence-electron chi connectivity index (χ4n) is 4.18. The first-order valence-corrected chi connectivity index (χ1v) is 13.9. The Morgan fingerprint density at radius 2 is 1.92 bits per heavy atom. The van der Waals surface area contributed by atoms with Crippen molar-refractivity contribution >= 4 is 58.3 Å². The summed E-state index contributed by atoms with van der Waals surface area (Å²) >= 11 is 15.3. The van der Waals surface area contributed by atoms with Crippen molar-refractivity contribution in [2.24, 2.45) is 4.99 Å². The first kappa shape index (κ1) is 25.6. The summed E-state index contributed by atoms with van der Waals surface area (Å²) in [6.45, 7) is 1.75. The van der Waals surface area contributed by atoms with E-state index in [-0.39, 0.29) is 5.56 Å². The quantitative estimate of drug-likeness (QED) is 0.227. The maximum atomic E-state index is 13.7. The molecule has 0 N–H and O–H groups in total. The lowest BCUT2D eigenvalue weighted by atomic mass is 9.96. The molecule has 0 saturated carbocycles. The van der Waals surface area contributed by atoms with E-state index in [9.17, 15) is 9.59 Å². The van der Waals surface area contributed by atoms with Gasteiger partial charge in [-0.2, -0.15) is 0 Å². The van der Waals surface area contributed by atoms with E-state index in [2.05, 4.69) is 4.99 Å². The molecule has 0 unspecified atom stereocenters. The number of halogens is 2. The van der Waals surface area contributed by atoms with Crippen LogP contribution in [0.3, 0.4) is 0 Å². The number of hydrogen-bond acceptors (Lipinski definition) is 7. The largest absolute Gasteiger partial charge is 0.466 e. The predicted molar refractivity (Wildman–Crippen MR) is 148 cm³/mol. The van der Waals surface area contributed by atoms with E-state index < -0.39 is 12.0 Å². The lowest BCUT2D eigenvalue weighted by Crippen LogP contribution is -2.39. The van der Waals surface area contributed by atoms with Gasteiger partial charge in [-0.15, -0.1) is 11.8 Å². The third-order valence-corrected chi connectivity index (χ3v) is 8.24. The molecule has 0 amide bonds. The molecule has 0 bridgehead atoms. The Hall–Kier alpha value is -3.04. The maximum Gasteiger partial charge on any atom is 0.338 e. The topological polar surface area (TPSA) is 73.8 Å². The Morgan fingerprint density at radius 3 is 2.62 bits per heavy atom. The molecule has 0 spiro atoms. The molecular formula is C27H20Cl2N2O4S2. The fraction of sp³-hybridized carbons (Fsp3) is 0.148. The van der Waals surface area contributed by atoms with Crippen molar-refractivity contribution in [3.8, 4) is 11.3 Å². The average molecular weight is 572 g/mol. The van der Waals surface area contributed by atoms with Crippen LogP contribution in [0, 0.1) is 0 Å². The second kappa shape index (κ2) is 10.4. The van der Waals surface area contributed by atoms with E-state index in [1.165, 1.54) is 18.4 Å². The number of ether oxygens (including phenoxy) is 1. The minimum absolute atomic E-state index is 0.282. The van der Waals surface area contributed by atoms with Crippen molar-refractivity contribution in [3.05, 3.63) is 107 Å². The molecule has 6 nitrogen and oxygen atoms in total. The van der Waals surface area contributed by atoms with Crippen LogP contribution in [0.4, 0.5) is 0 Å². The molecular weight excluding hydrogens is 551 g/mol. The van der Waals surface area contributed by atoms with Gasteiger partial charge in [0, 0.05) is 21.6 Å². The van der Waals surface area contributed by atoms with Gasteiger partial charge in [0.2, 0.25) is 0 Å². The smallest absolute Gasteiger partial charge is 0.338 e. The molecule has 2 aromatic heterocycles. The summed E-state index contributed by atoms with van der Waals surface area (Å²) in [5.74, 6) is 0.478. The Kier molecular flexibility index (Phi) is 7.18. The monoisotopic (exact) mass is 570 g/mol. The lowest BCUT2D eigenvalue weighted by Gasteiger charge is -2.24. The van der Waals surface area contributed by atoms with Gasteiger partial charge in [0.05, 0.1) is 34.0 Å². The predicted octanol–water partition coefficient (Wildman–Crippen LogP) is 5.70. The highest BCUT2D eigenvalue weighted by atomic mass is 35.5. The van der Waals surface area contributed by atoms with Crippen molar-refractivity contribution in [3.63, 3.8) is 0 Å². The molecule has 1 aliphatic rings. The number of hydrogen-bond donors (Lipinski definition) is 0. The third-order valence-electron chi connectivity index (χ3n) is 5.95. The van der Waals surface area contributed by atoms with E-state index in [0.29, 0.717) is 47.7 Å². The standard InChI is InChI=1S/C27H20Cl2N2O4S2/c1-14-23(26(33)34-2)24(15-4-8-18(36-3)9-5-15)31-25(32)22(37-27(31)30-14)13-17-7-11-21(35-17)19-12-16(28)6-10-20(19)29/h4-13,24H,1-3H3/b22-13-/t24-/m0/s1. The van der Waals surface area contributed by atoms with E-state index in [0.717, 1.165) is 10.5 Å². The molecule has 3 heterocycles. The highest BCUT2D eigenvalue weighted by Gasteiger charge is 2.33. The van der Waals surface area contributed by atoms with Gasteiger partial charge in [0.15, 0.2) is 4.80 Å². The van der Waals surface area contributed by atoms with Crippen LogP contribution in [-0.2, 0) is 9.53 Å². The second-order valence-corrected chi connectivity index (χ2v) is 10.9. The van der Waals surface area contributed by atoms with Crippen LogP contribution in [0.25, 0.3) is 17.4 Å². The van der Waals surface area contributed by atoms with Gasteiger partial charge in [-0.1, -0.05) is 46.7 Å². The van der Waals surface area contributed by atoms with Crippen LogP contribution in [0.2, 0.25) is 10.0 Å². The van der Waals surface area contributed by atoms with Crippen molar-refractivity contribution in [1.82, 2.24) is 4.57 Å². The molecule has 188 valence electrons. The summed E-state index contributed by atoms with van der Waals surface area (Å²) in [4.78, 5) is 32.6. The summed E-state index contributed by atoms with van der Waals surface area (Å²) < 4.78 is 13.0. The van der Waals surface area contributed by atoms with Crippen LogP contribution in [0.15, 0.2) is 85.0 Å². The molecule has 4 aromatic rings. The van der Waals surface area contributed by atoms with Gasteiger partial charge in [-0.05, 0) is 61.2 Å². The zero-order valence-electron chi connectivity index (χ0n) is 20.0. The lowest BCUT2D eigenvalue weighted by molar-refractivity contribution is -0.136. The van der Waals surface area contributed by atoms with E-state index in [4.69, 9.17) is 32.4 Å². The van der Waals surface area contributed by atoms with Crippen LogP contribution >= 0.6 is 46.3 Å². The maximum absolute atomic E-state index is 13.7. The van der Waals surface area contributed by atoms with Gasteiger partial charge in [0.1, 0.15) is 11.5 Å². The molecule has 1 aliphatic heterocycles. The van der Waals surface area contributed by atoms with E-state index in [1.807, 2.05) is 30.5 Å². The number of thiazole rings is 1. The van der Waals surface area contributed by atoms with E-state index in [1.54, 1.807) is 59.7 Å². The summed E-state index contributed by atoms with van der Waals surface area (Å²) in [7, 11) is 1.32. The minimum Gasteiger partial charge on any atom is -0.466 e. The highest BCUT2D eigenvalue weighted by molar-refractivity contribution is 7.98. The molecule has 0 radical (unpaired) electrons. The average Bonchev–Trinajstić information content (AvgIpc) is 3.48. The van der Waals surface area contributed by atoms with Crippen LogP contribution in [0.5, 0.6) is 0 Å². The number of methoxy groups -OCH3 is 1. The Balaban J connectivity index is 1.64. The van der Waals surface area contributed by atoms with Gasteiger partial charge in [0.25, 0.3) is 5.56 Å². The number of furan rings is 1. The van der Waals surface area contributed by atoms with Crippen molar-refractivity contribution < 1.29 is 13.9 Å². The Labute approximate surface area is 230 Å². The van der Waals surface area contributed by atoms with Gasteiger partial charge < -0.3 is 9.15 Å². The van der Waals surface area contributed by atoms with Gasteiger partial charge in [-0.25, -0.2) is 9.79 Å². The zero-order valence-corrected chi connectivity index (χ0v) is 23.1. The SMILES string of the molecule is COC(=O)C1=C(C)N=c2s/c(=C\c3ccc(-c4cc(Cl)ccc4Cl)o3)c(=O)n2[C@H]1c1ccc(SC)cc1. The van der Waals surface area contributed by atoms with Crippen molar-refractivity contribution in [1.29, 1.82) is 0 Å². The fourth-order valence-corrected chi connectivity index (χ4v) is 6.00. The number of esters is 1. The molecule has 0 aliphatic carbocycles. The first-order chi connectivity index (χ1) is 17.8. The van der Waals surface area contributed by atoms with E-state index >= 15 is 0 Å². The van der Waals surface area contributed by atoms with Crippen LogP contribution < -0.4 is 14.9 Å². The summed E-state index contributed by atoms with van der Waals surface area (Å²) in [5.41, 5.74) is 2.00. The number of fused-ring (bicyclic) bond motifs is 1. The molecule has 10 heteroatoms. The Morgan fingerprint density at radius 1 is 1.16 bits per heavy atom. The number of rotatable bonds is 5. The molecule has 2 aromatic carbocycles. The Bertz CT molecular complexity index is 1730. The summed E-state index contributed by atoms with van der Waals surface area (Å²) in [6.07, 6.45) is 3.65. The van der Waals surface area contributed by atoms with Gasteiger partial charge >= 0.3 is 5.97 Å². The molecule has 1 atom stereocenters. The normalized spacial score (nSPS) is 15.5. The number of thioether (sulfide) groups is 1. The number of carbonyl (C=O) groups is 1. The number of allylic oxidation sites excluding steroid dienone is 1.